The monoisotopic (exact) mass is 338 g/mol. The highest BCUT2D eigenvalue weighted by atomic mass is 19.3. The minimum absolute atomic E-state index is 0.102. The van der Waals surface area contributed by atoms with E-state index >= 15 is 0 Å². The molecule has 2 nitrogen and oxygen atoms in total. The van der Waals surface area contributed by atoms with Gasteiger partial charge in [-0.25, -0.2) is 0 Å². The lowest BCUT2D eigenvalue weighted by atomic mass is 9.95. The van der Waals surface area contributed by atoms with Gasteiger partial charge in [-0.15, -0.1) is 0 Å². The zero-order chi connectivity index (χ0) is 17.5. The molecule has 0 amide bonds. The summed E-state index contributed by atoms with van der Waals surface area (Å²) in [4.78, 5) is 0. The molecule has 1 aromatic carbocycles. The van der Waals surface area contributed by atoms with Crippen LogP contribution in [0.1, 0.15) is 22.3 Å². The third-order valence-corrected chi connectivity index (χ3v) is 2.96. The molecule has 1 N–H and O–H groups in total. The predicted molar refractivity (Wildman–Crippen MR) is 58.0 cm³/mol. The van der Waals surface area contributed by atoms with Gasteiger partial charge in [0.15, 0.2) is 0 Å². The largest absolute Gasteiger partial charge is 0.421 e. The van der Waals surface area contributed by atoms with E-state index in [-0.39, 0.29) is 11.6 Å². The van der Waals surface area contributed by atoms with Crippen LogP contribution in [0.3, 0.4) is 0 Å². The van der Waals surface area contributed by atoms with Gasteiger partial charge in [0.25, 0.3) is 0 Å². The Morgan fingerprint density at radius 2 is 1.50 bits per heavy atom. The van der Waals surface area contributed by atoms with Crippen molar-refractivity contribution in [1.29, 1.82) is 0 Å². The Bertz CT molecular complexity index is 551. The molecule has 0 aliphatic heterocycles. The molecule has 0 saturated heterocycles. The van der Waals surface area contributed by atoms with Crippen LogP contribution in [0.4, 0.5) is 35.1 Å². The number of ether oxygens (including phenoxy) is 1. The van der Waals surface area contributed by atoms with Crippen molar-refractivity contribution in [2.45, 2.75) is 38.6 Å². The van der Waals surface area contributed by atoms with Crippen molar-refractivity contribution in [3.8, 4) is 0 Å². The highest BCUT2D eigenvalue weighted by Crippen LogP contribution is 2.44. The number of aryl methyl sites for hydroxylation is 1. The van der Waals surface area contributed by atoms with Gasteiger partial charge in [0, 0.05) is 5.56 Å². The molecule has 1 aromatic rings. The number of rotatable bonds is 5. The summed E-state index contributed by atoms with van der Waals surface area (Å²) in [7, 11) is 0. The van der Waals surface area contributed by atoms with E-state index in [1.165, 1.54) is 0 Å². The van der Waals surface area contributed by atoms with Gasteiger partial charge in [0.2, 0.25) is 0 Å². The van der Waals surface area contributed by atoms with E-state index in [4.69, 9.17) is 5.11 Å². The Hall–Kier alpha value is -1.42. The summed E-state index contributed by atoms with van der Waals surface area (Å²) in [5, 5.41) is 8.18. The zero-order valence-electron chi connectivity index (χ0n) is 11.1. The number of alkyl halides is 8. The average Bonchev–Trinajstić information content (AvgIpc) is 2.28. The molecule has 126 valence electrons. The molecule has 0 spiro atoms. The Kier molecular flexibility index (Phi) is 4.79. The fraction of sp³-hybridized carbons (Fsp3) is 0.500. The normalized spacial score (nSPS) is 13.8. The van der Waals surface area contributed by atoms with Crippen LogP contribution >= 0.6 is 0 Å². The van der Waals surface area contributed by atoms with Crippen LogP contribution in [0.5, 0.6) is 0 Å². The van der Waals surface area contributed by atoms with E-state index in [9.17, 15) is 35.1 Å². The molecule has 0 aliphatic carbocycles. The minimum atomic E-state index is -5.52. The van der Waals surface area contributed by atoms with Crippen LogP contribution < -0.4 is 0 Å². The second kappa shape index (κ2) is 5.65. The Morgan fingerprint density at radius 3 is 1.91 bits per heavy atom. The third-order valence-electron chi connectivity index (χ3n) is 2.96. The summed E-state index contributed by atoms with van der Waals surface area (Å²) in [5.41, 5.74) is -3.78. The summed E-state index contributed by atoms with van der Waals surface area (Å²) < 4.78 is 106. The maximum Gasteiger partial charge on any atom is 0.421 e. The number of hydrogen-bond acceptors (Lipinski definition) is 2. The Balaban J connectivity index is 3.51. The van der Waals surface area contributed by atoms with Crippen LogP contribution in [0.2, 0.25) is 0 Å². The van der Waals surface area contributed by atoms with Gasteiger partial charge in [-0.2, -0.15) is 35.1 Å². The molecule has 0 fully saturated rings. The maximum atomic E-state index is 13.5. The van der Waals surface area contributed by atoms with E-state index in [2.05, 4.69) is 4.74 Å². The van der Waals surface area contributed by atoms with Crippen LogP contribution in [-0.2, 0) is 16.8 Å². The number of halogens is 8. The van der Waals surface area contributed by atoms with Crippen molar-refractivity contribution in [3.05, 3.63) is 34.4 Å². The summed E-state index contributed by atoms with van der Waals surface area (Å²) >= 11 is 0. The van der Waals surface area contributed by atoms with Gasteiger partial charge in [0.05, 0.1) is 5.56 Å². The Labute approximate surface area is 119 Å². The summed E-state index contributed by atoms with van der Waals surface area (Å²) in [6, 6.07) is 0.344. The molecule has 0 unspecified atom stereocenters. The van der Waals surface area contributed by atoms with Gasteiger partial charge < -0.3 is 5.11 Å². The smallest absolute Gasteiger partial charge is 0.331 e. The molecule has 0 aliphatic rings. The van der Waals surface area contributed by atoms with E-state index < -0.39 is 41.4 Å². The summed E-state index contributed by atoms with van der Waals surface area (Å²) in [6.45, 7) is -1.89. The summed E-state index contributed by atoms with van der Waals surface area (Å²) in [6.07, 6.45) is -10.2. The standard InChI is InChI=1S/C12H10F8O2/c1-5-3-7(10(15,16)12(19,20)21)4-8(6(5)2)11(17,18)22-9(13)14/h3-4,9,21H,1-2H3. The molecular weight excluding hydrogens is 328 g/mol. The van der Waals surface area contributed by atoms with Crippen molar-refractivity contribution in [1.82, 2.24) is 0 Å². The molecular formula is C12H10F8O2. The molecule has 0 aromatic heterocycles. The lowest BCUT2D eigenvalue weighted by Gasteiger charge is -2.25. The minimum Gasteiger partial charge on any atom is -0.331 e. The first-order chi connectivity index (χ1) is 9.70. The van der Waals surface area contributed by atoms with Gasteiger partial charge in [-0.3, -0.25) is 4.74 Å². The fourth-order valence-corrected chi connectivity index (χ4v) is 1.69. The van der Waals surface area contributed by atoms with E-state index in [1.807, 2.05) is 0 Å². The first-order valence-electron chi connectivity index (χ1n) is 5.64. The van der Waals surface area contributed by atoms with E-state index in [1.54, 1.807) is 0 Å². The topological polar surface area (TPSA) is 29.5 Å². The van der Waals surface area contributed by atoms with Gasteiger partial charge >= 0.3 is 24.8 Å². The number of aliphatic hydroxyl groups is 1. The second-order valence-corrected chi connectivity index (χ2v) is 4.48. The first-order valence-corrected chi connectivity index (χ1v) is 5.64. The molecule has 0 saturated carbocycles. The molecule has 10 heteroatoms. The van der Waals surface area contributed by atoms with Crippen molar-refractivity contribution in [3.63, 3.8) is 0 Å². The molecule has 0 heterocycles. The number of hydrogen-bond donors (Lipinski definition) is 1. The average molecular weight is 338 g/mol. The van der Waals surface area contributed by atoms with Crippen molar-refractivity contribution in [2.24, 2.45) is 0 Å². The predicted octanol–water partition coefficient (Wildman–Crippen LogP) is 4.27. The second-order valence-electron chi connectivity index (χ2n) is 4.48. The molecule has 22 heavy (non-hydrogen) atoms. The molecule has 0 atom stereocenters. The summed E-state index contributed by atoms with van der Waals surface area (Å²) in [5.74, 6) is -5.19. The highest BCUT2D eigenvalue weighted by molar-refractivity contribution is 5.41. The van der Waals surface area contributed by atoms with Gasteiger partial charge in [-0.05, 0) is 37.1 Å². The Morgan fingerprint density at radius 1 is 1.00 bits per heavy atom. The molecule has 1 rings (SSSR count). The van der Waals surface area contributed by atoms with Crippen LogP contribution in [0.25, 0.3) is 0 Å². The fourth-order valence-electron chi connectivity index (χ4n) is 1.69. The van der Waals surface area contributed by atoms with Crippen LogP contribution in [-0.4, -0.2) is 17.8 Å². The van der Waals surface area contributed by atoms with Gasteiger partial charge in [0.1, 0.15) is 0 Å². The SMILES string of the molecule is Cc1cc(C(F)(F)C(O)(F)F)cc(C(F)(F)OC(F)F)c1C. The van der Waals surface area contributed by atoms with Crippen molar-refractivity contribution in [2.75, 3.05) is 0 Å². The van der Waals surface area contributed by atoms with E-state index in [0.29, 0.717) is 6.07 Å². The lowest BCUT2D eigenvalue weighted by Crippen LogP contribution is -2.38. The third kappa shape index (κ3) is 3.49. The maximum absolute atomic E-state index is 13.5. The van der Waals surface area contributed by atoms with Crippen molar-refractivity contribution < 1.29 is 45.0 Å². The van der Waals surface area contributed by atoms with Crippen LogP contribution in [0, 0.1) is 13.8 Å². The van der Waals surface area contributed by atoms with Crippen molar-refractivity contribution >= 4 is 0 Å². The van der Waals surface area contributed by atoms with E-state index in [0.717, 1.165) is 13.8 Å². The highest BCUT2D eigenvalue weighted by Gasteiger charge is 2.57. The first kappa shape index (κ1) is 18.6. The number of benzene rings is 1. The molecule has 0 radical (unpaired) electrons. The zero-order valence-corrected chi connectivity index (χ0v) is 11.1. The lowest BCUT2D eigenvalue weighted by molar-refractivity contribution is -0.334. The van der Waals surface area contributed by atoms with Crippen LogP contribution in [0.15, 0.2) is 12.1 Å². The van der Waals surface area contributed by atoms with Gasteiger partial charge in [-0.1, -0.05) is 0 Å². The molecule has 0 bridgehead atoms. The quantitative estimate of drug-likeness (QED) is 0.813.